The third-order valence-corrected chi connectivity index (χ3v) is 4.30. The number of aliphatic hydroxyl groups is 1. The van der Waals surface area contributed by atoms with Gasteiger partial charge < -0.3 is 5.11 Å². The first-order valence-corrected chi connectivity index (χ1v) is 6.67. The Labute approximate surface area is 105 Å². The molecule has 1 aromatic rings. The lowest BCUT2D eigenvalue weighted by molar-refractivity contribution is -0.00333. The predicted octanol–water partition coefficient (Wildman–Crippen LogP) is 3.69. The molecule has 0 aromatic heterocycles. The van der Waals surface area contributed by atoms with E-state index in [4.69, 9.17) is 0 Å². The molecule has 2 heteroatoms. The monoisotopic (exact) mass is 316 g/mol. The smallest absolute Gasteiger partial charge is 0.0896 e. The normalized spacial score (nSPS) is 21.5. The first kappa shape index (κ1) is 11.4. The molecule has 1 saturated carbocycles. The molecule has 15 heavy (non-hydrogen) atoms. The van der Waals surface area contributed by atoms with E-state index in [2.05, 4.69) is 46.9 Å². The lowest BCUT2D eigenvalue weighted by Gasteiger charge is -2.30. The Kier molecular flexibility index (Phi) is 3.36. The molecular weight excluding hydrogens is 299 g/mol. The van der Waals surface area contributed by atoms with Crippen LogP contribution in [0.1, 0.15) is 38.2 Å². The van der Waals surface area contributed by atoms with Crippen molar-refractivity contribution in [2.75, 3.05) is 0 Å². The molecule has 2 rings (SSSR count). The Hall–Kier alpha value is -0.0900. The van der Waals surface area contributed by atoms with Gasteiger partial charge in [0, 0.05) is 3.57 Å². The summed E-state index contributed by atoms with van der Waals surface area (Å²) in [5.74, 6) is 0.442. The first-order valence-electron chi connectivity index (χ1n) is 5.59. The zero-order valence-corrected chi connectivity index (χ0v) is 11.2. The van der Waals surface area contributed by atoms with Crippen molar-refractivity contribution in [3.05, 3.63) is 33.4 Å². The Bertz CT molecular complexity index is 323. The minimum absolute atomic E-state index is 0.442. The van der Waals surface area contributed by atoms with Gasteiger partial charge in [0.25, 0.3) is 0 Å². The van der Waals surface area contributed by atoms with Crippen molar-refractivity contribution < 1.29 is 5.11 Å². The maximum Gasteiger partial charge on any atom is 0.0896 e. The van der Waals surface area contributed by atoms with Gasteiger partial charge in [-0.1, -0.05) is 25.0 Å². The van der Waals surface area contributed by atoms with E-state index in [1.807, 2.05) is 6.92 Å². The largest absolute Gasteiger partial charge is 0.385 e. The Morgan fingerprint density at radius 2 is 1.73 bits per heavy atom. The molecule has 1 aromatic carbocycles. The Balaban J connectivity index is 2.23. The molecule has 0 heterocycles. The second kappa shape index (κ2) is 4.42. The van der Waals surface area contributed by atoms with Crippen LogP contribution >= 0.6 is 22.6 Å². The van der Waals surface area contributed by atoms with Crippen LogP contribution < -0.4 is 0 Å². The van der Waals surface area contributed by atoms with E-state index < -0.39 is 5.60 Å². The van der Waals surface area contributed by atoms with Gasteiger partial charge in [0.1, 0.15) is 0 Å². The Morgan fingerprint density at radius 1 is 1.20 bits per heavy atom. The highest BCUT2D eigenvalue weighted by atomic mass is 127. The molecule has 1 N–H and O–H groups in total. The lowest BCUT2D eigenvalue weighted by atomic mass is 9.82. The van der Waals surface area contributed by atoms with Crippen molar-refractivity contribution in [3.8, 4) is 0 Å². The summed E-state index contributed by atoms with van der Waals surface area (Å²) in [5, 5.41) is 10.6. The first-order chi connectivity index (χ1) is 7.10. The van der Waals surface area contributed by atoms with E-state index >= 15 is 0 Å². The third-order valence-electron chi connectivity index (χ3n) is 3.58. The highest BCUT2D eigenvalue weighted by molar-refractivity contribution is 14.1. The molecule has 1 nitrogen and oxygen atoms in total. The van der Waals surface area contributed by atoms with Crippen LogP contribution in [0.15, 0.2) is 24.3 Å². The van der Waals surface area contributed by atoms with Crippen LogP contribution in [0, 0.1) is 9.49 Å². The zero-order chi connectivity index (χ0) is 10.9. The second-order valence-electron chi connectivity index (χ2n) is 4.64. The van der Waals surface area contributed by atoms with Gasteiger partial charge in [0.2, 0.25) is 0 Å². The number of rotatable bonds is 2. The molecule has 82 valence electrons. The van der Waals surface area contributed by atoms with Crippen LogP contribution in [-0.2, 0) is 5.60 Å². The number of benzene rings is 1. The molecule has 0 spiro atoms. The molecule has 1 aliphatic rings. The molecule has 1 fully saturated rings. The summed E-state index contributed by atoms with van der Waals surface area (Å²) < 4.78 is 1.22. The van der Waals surface area contributed by atoms with Gasteiger partial charge in [0.05, 0.1) is 5.60 Å². The van der Waals surface area contributed by atoms with Crippen molar-refractivity contribution in [3.63, 3.8) is 0 Å². The van der Waals surface area contributed by atoms with Gasteiger partial charge in [-0.05, 0) is 66.0 Å². The molecule has 1 aliphatic carbocycles. The number of halogens is 1. The summed E-state index contributed by atoms with van der Waals surface area (Å²) >= 11 is 2.29. The van der Waals surface area contributed by atoms with Crippen LogP contribution in [0.4, 0.5) is 0 Å². The summed E-state index contributed by atoms with van der Waals surface area (Å²) in [6.45, 7) is 1.96. The lowest BCUT2D eigenvalue weighted by Crippen LogP contribution is -2.29. The second-order valence-corrected chi connectivity index (χ2v) is 5.88. The average Bonchev–Trinajstić information content (AvgIpc) is 2.71. The molecule has 0 amide bonds. The van der Waals surface area contributed by atoms with Gasteiger partial charge in [0.15, 0.2) is 0 Å². The van der Waals surface area contributed by atoms with Gasteiger partial charge in [-0.2, -0.15) is 0 Å². The fourth-order valence-corrected chi connectivity index (χ4v) is 2.87. The van der Waals surface area contributed by atoms with E-state index in [9.17, 15) is 5.11 Å². The quantitative estimate of drug-likeness (QED) is 0.825. The summed E-state index contributed by atoms with van der Waals surface area (Å²) in [6, 6.07) is 8.25. The number of hydrogen-bond donors (Lipinski definition) is 1. The molecule has 1 unspecified atom stereocenters. The maximum atomic E-state index is 10.6. The van der Waals surface area contributed by atoms with Crippen molar-refractivity contribution in [1.29, 1.82) is 0 Å². The van der Waals surface area contributed by atoms with Gasteiger partial charge >= 0.3 is 0 Å². The van der Waals surface area contributed by atoms with Gasteiger partial charge in [-0.3, -0.25) is 0 Å². The van der Waals surface area contributed by atoms with Crippen LogP contribution in [0.25, 0.3) is 0 Å². The SMILES string of the molecule is CC(O)(c1ccc(I)cc1)C1CCCC1. The van der Waals surface area contributed by atoms with E-state index in [0.717, 1.165) is 5.56 Å². The molecule has 0 aliphatic heterocycles. The zero-order valence-electron chi connectivity index (χ0n) is 9.04. The van der Waals surface area contributed by atoms with Gasteiger partial charge in [-0.15, -0.1) is 0 Å². The molecule has 0 radical (unpaired) electrons. The highest BCUT2D eigenvalue weighted by Gasteiger charge is 2.35. The summed E-state index contributed by atoms with van der Waals surface area (Å²) in [5.41, 5.74) is 0.427. The van der Waals surface area contributed by atoms with E-state index in [0.29, 0.717) is 5.92 Å². The average molecular weight is 316 g/mol. The Morgan fingerprint density at radius 3 is 2.27 bits per heavy atom. The molecular formula is C13H17IO. The molecule has 0 saturated heterocycles. The summed E-state index contributed by atoms with van der Waals surface area (Å²) in [6.07, 6.45) is 4.87. The third kappa shape index (κ3) is 2.36. The minimum atomic E-state index is -0.638. The van der Waals surface area contributed by atoms with Crippen LogP contribution in [0.3, 0.4) is 0 Å². The fraction of sp³-hybridized carbons (Fsp3) is 0.538. The van der Waals surface area contributed by atoms with Crippen molar-refractivity contribution in [1.82, 2.24) is 0 Å². The van der Waals surface area contributed by atoms with E-state index in [-0.39, 0.29) is 0 Å². The van der Waals surface area contributed by atoms with Gasteiger partial charge in [-0.25, -0.2) is 0 Å². The van der Waals surface area contributed by atoms with Crippen LogP contribution in [0.2, 0.25) is 0 Å². The highest BCUT2D eigenvalue weighted by Crippen LogP contribution is 2.40. The van der Waals surface area contributed by atoms with Crippen molar-refractivity contribution in [2.24, 2.45) is 5.92 Å². The standard InChI is InChI=1S/C13H17IO/c1-13(15,10-4-2-3-5-10)11-6-8-12(14)9-7-11/h6-10,15H,2-5H2,1H3. The number of hydrogen-bond acceptors (Lipinski definition) is 1. The fourth-order valence-electron chi connectivity index (χ4n) is 2.51. The van der Waals surface area contributed by atoms with Crippen molar-refractivity contribution in [2.45, 2.75) is 38.2 Å². The van der Waals surface area contributed by atoms with Crippen LogP contribution in [-0.4, -0.2) is 5.11 Å². The molecule has 1 atom stereocenters. The summed E-state index contributed by atoms with van der Waals surface area (Å²) in [7, 11) is 0. The topological polar surface area (TPSA) is 20.2 Å². The molecule has 0 bridgehead atoms. The maximum absolute atomic E-state index is 10.6. The van der Waals surface area contributed by atoms with E-state index in [1.165, 1.54) is 29.3 Å². The van der Waals surface area contributed by atoms with E-state index in [1.54, 1.807) is 0 Å². The minimum Gasteiger partial charge on any atom is -0.385 e. The predicted molar refractivity (Wildman–Crippen MR) is 70.7 cm³/mol. The summed E-state index contributed by atoms with van der Waals surface area (Å²) in [4.78, 5) is 0. The van der Waals surface area contributed by atoms with Crippen LogP contribution in [0.5, 0.6) is 0 Å². The van der Waals surface area contributed by atoms with Crippen molar-refractivity contribution >= 4 is 22.6 Å².